The molecule has 2 aliphatic rings. The van der Waals surface area contributed by atoms with Crippen molar-refractivity contribution < 1.29 is 0 Å². The zero-order valence-electron chi connectivity index (χ0n) is 15.8. The van der Waals surface area contributed by atoms with Crippen LogP contribution in [0.3, 0.4) is 0 Å². The molecule has 2 saturated heterocycles. The second-order valence-corrected chi connectivity index (χ2v) is 7.12. The van der Waals surface area contributed by atoms with Gasteiger partial charge in [-0.05, 0) is 44.3 Å². The van der Waals surface area contributed by atoms with Crippen LogP contribution < -0.4 is 5.32 Å². The number of nitrogens with one attached hydrogen (secondary N) is 1. The maximum Gasteiger partial charge on any atom is 0.193 e. The van der Waals surface area contributed by atoms with Gasteiger partial charge in [-0.1, -0.05) is 6.92 Å². The molecule has 6 nitrogen and oxygen atoms in total. The predicted octanol–water partition coefficient (Wildman–Crippen LogP) is 2.13. The molecule has 0 spiro atoms. The highest BCUT2D eigenvalue weighted by Gasteiger charge is 2.27. The molecule has 2 fully saturated rings. The molecule has 2 atom stereocenters. The summed E-state index contributed by atoms with van der Waals surface area (Å²) in [6.45, 7) is 12.0. The van der Waals surface area contributed by atoms with Crippen LogP contribution in [0.5, 0.6) is 0 Å². The van der Waals surface area contributed by atoms with Gasteiger partial charge < -0.3 is 15.1 Å². The maximum atomic E-state index is 4.96. The first-order valence-corrected chi connectivity index (χ1v) is 9.43. The van der Waals surface area contributed by atoms with Gasteiger partial charge in [0.25, 0.3) is 0 Å². The third-order valence-corrected chi connectivity index (χ3v) is 5.34. The summed E-state index contributed by atoms with van der Waals surface area (Å²) in [7, 11) is 1.99. The minimum Gasteiger partial charge on any atom is -0.357 e. The molecular formula is C18H33IN6. The topological polar surface area (TPSA) is 48.7 Å². The molecule has 3 heterocycles. The Labute approximate surface area is 169 Å². The van der Waals surface area contributed by atoms with E-state index < -0.39 is 0 Å². The van der Waals surface area contributed by atoms with Crippen molar-refractivity contribution in [3.8, 4) is 0 Å². The lowest BCUT2D eigenvalue weighted by atomic mass is 10.0. The number of hydrogen-bond acceptors (Lipinski definition) is 3. The quantitative estimate of drug-likeness (QED) is 0.416. The van der Waals surface area contributed by atoms with Crippen LogP contribution in [0.15, 0.2) is 17.4 Å². The summed E-state index contributed by atoms with van der Waals surface area (Å²) >= 11 is 0. The molecule has 3 rings (SSSR count). The average Bonchev–Trinajstić information content (AvgIpc) is 3.31. The smallest absolute Gasteiger partial charge is 0.193 e. The lowest BCUT2D eigenvalue weighted by Gasteiger charge is -2.22. The lowest BCUT2D eigenvalue weighted by molar-refractivity contribution is 0.343. The number of nitrogens with zero attached hydrogens (tertiary/aromatic N) is 5. The van der Waals surface area contributed by atoms with E-state index >= 15 is 0 Å². The largest absolute Gasteiger partial charge is 0.357 e. The van der Waals surface area contributed by atoms with E-state index in [4.69, 9.17) is 4.99 Å². The Hall–Kier alpha value is -0.830. The van der Waals surface area contributed by atoms with E-state index in [9.17, 15) is 0 Å². The van der Waals surface area contributed by atoms with Crippen molar-refractivity contribution in [2.45, 2.75) is 32.6 Å². The third kappa shape index (κ3) is 5.32. The minimum absolute atomic E-state index is 0. The summed E-state index contributed by atoms with van der Waals surface area (Å²) in [6, 6.07) is 0. The predicted molar refractivity (Wildman–Crippen MR) is 114 cm³/mol. The average molecular weight is 460 g/mol. The van der Waals surface area contributed by atoms with Gasteiger partial charge in [0.15, 0.2) is 5.96 Å². The fraction of sp³-hybridized carbons (Fsp3) is 0.778. The zero-order chi connectivity index (χ0) is 16.9. The minimum atomic E-state index is 0. The summed E-state index contributed by atoms with van der Waals surface area (Å²) < 4.78 is 1.90. The molecule has 1 N–H and O–H groups in total. The molecule has 0 amide bonds. The summed E-state index contributed by atoms with van der Waals surface area (Å²) in [5.74, 6) is 2.39. The van der Waals surface area contributed by atoms with Crippen LogP contribution in [0.25, 0.3) is 0 Å². The van der Waals surface area contributed by atoms with E-state index in [1.165, 1.54) is 38.0 Å². The molecule has 0 aromatic carbocycles. The van der Waals surface area contributed by atoms with Crippen molar-refractivity contribution in [3.63, 3.8) is 0 Å². The van der Waals surface area contributed by atoms with Gasteiger partial charge in [-0.25, -0.2) is 0 Å². The molecule has 0 aliphatic carbocycles. The number of halogens is 1. The molecule has 7 heteroatoms. The van der Waals surface area contributed by atoms with Gasteiger partial charge in [-0.2, -0.15) is 5.10 Å². The Balaban J connectivity index is 0.00000225. The summed E-state index contributed by atoms with van der Waals surface area (Å²) in [5, 5.41) is 7.81. The lowest BCUT2D eigenvalue weighted by Crippen LogP contribution is -2.40. The van der Waals surface area contributed by atoms with E-state index in [-0.39, 0.29) is 24.0 Å². The standard InChI is InChI=1S/C18H32N6.HI/c1-4-19-18(20-10-15-6-8-23(5-2)12-15)24-9-7-16(14-24)17-11-21-22(3)13-17;/h11,13,15-16H,4-10,12,14H2,1-3H3,(H,19,20);1H. The fourth-order valence-corrected chi connectivity index (χ4v) is 3.87. The highest BCUT2D eigenvalue weighted by atomic mass is 127. The van der Waals surface area contributed by atoms with Gasteiger partial charge in [0, 0.05) is 51.9 Å². The first-order valence-electron chi connectivity index (χ1n) is 9.43. The summed E-state index contributed by atoms with van der Waals surface area (Å²) in [4.78, 5) is 9.92. The number of rotatable bonds is 5. The molecule has 0 radical (unpaired) electrons. The van der Waals surface area contributed by atoms with Crippen molar-refractivity contribution in [1.82, 2.24) is 24.9 Å². The first-order chi connectivity index (χ1) is 11.7. The molecule has 2 aliphatic heterocycles. The Kier molecular flexibility index (Phi) is 7.99. The summed E-state index contributed by atoms with van der Waals surface area (Å²) in [6.07, 6.45) is 6.63. The Bertz CT molecular complexity index is 558. The molecule has 0 saturated carbocycles. The zero-order valence-corrected chi connectivity index (χ0v) is 18.1. The number of aliphatic imine (C=N–C) groups is 1. The van der Waals surface area contributed by atoms with Gasteiger partial charge in [0.1, 0.15) is 0 Å². The van der Waals surface area contributed by atoms with E-state index in [1.54, 1.807) is 0 Å². The van der Waals surface area contributed by atoms with Crippen LogP contribution in [0.1, 0.15) is 38.2 Å². The van der Waals surface area contributed by atoms with Crippen LogP contribution in [0, 0.1) is 5.92 Å². The van der Waals surface area contributed by atoms with Gasteiger partial charge in [-0.3, -0.25) is 9.67 Å². The third-order valence-electron chi connectivity index (χ3n) is 5.34. The van der Waals surface area contributed by atoms with Crippen molar-refractivity contribution in [3.05, 3.63) is 18.0 Å². The number of hydrogen-bond donors (Lipinski definition) is 1. The molecule has 2 unspecified atom stereocenters. The van der Waals surface area contributed by atoms with Crippen molar-refractivity contribution >= 4 is 29.9 Å². The first kappa shape index (κ1) is 20.5. The van der Waals surface area contributed by atoms with Crippen LogP contribution in [-0.2, 0) is 7.05 Å². The van der Waals surface area contributed by atoms with Crippen molar-refractivity contribution in [2.24, 2.45) is 18.0 Å². The van der Waals surface area contributed by atoms with Crippen LogP contribution in [0.4, 0.5) is 0 Å². The monoisotopic (exact) mass is 460 g/mol. The van der Waals surface area contributed by atoms with E-state index in [1.807, 2.05) is 17.9 Å². The van der Waals surface area contributed by atoms with Crippen LogP contribution in [0.2, 0.25) is 0 Å². The normalized spacial score (nSPS) is 24.6. The van der Waals surface area contributed by atoms with E-state index in [0.717, 1.165) is 38.1 Å². The molecule has 0 bridgehead atoms. The molecule has 1 aromatic heterocycles. The molecule has 142 valence electrons. The van der Waals surface area contributed by atoms with Gasteiger partial charge in [0.05, 0.1) is 6.20 Å². The van der Waals surface area contributed by atoms with E-state index in [0.29, 0.717) is 5.92 Å². The van der Waals surface area contributed by atoms with Crippen LogP contribution >= 0.6 is 24.0 Å². The molecular weight excluding hydrogens is 427 g/mol. The number of guanidine groups is 1. The number of aromatic nitrogens is 2. The molecule has 25 heavy (non-hydrogen) atoms. The van der Waals surface area contributed by atoms with Gasteiger partial charge in [0.2, 0.25) is 0 Å². The maximum absolute atomic E-state index is 4.96. The summed E-state index contributed by atoms with van der Waals surface area (Å²) in [5.41, 5.74) is 1.35. The SMILES string of the molecule is CCNC(=NCC1CCN(CC)C1)N1CCC(c2cnn(C)c2)C1.I. The fourth-order valence-electron chi connectivity index (χ4n) is 3.87. The Morgan fingerprint density at radius 3 is 2.76 bits per heavy atom. The van der Waals surface area contributed by atoms with Crippen molar-refractivity contribution in [1.29, 1.82) is 0 Å². The van der Waals surface area contributed by atoms with Gasteiger partial charge >= 0.3 is 0 Å². The van der Waals surface area contributed by atoms with E-state index in [2.05, 4.69) is 40.3 Å². The second-order valence-electron chi connectivity index (χ2n) is 7.12. The number of likely N-dealkylation sites (tertiary alicyclic amines) is 2. The van der Waals surface area contributed by atoms with Crippen molar-refractivity contribution in [2.75, 3.05) is 45.8 Å². The highest BCUT2D eigenvalue weighted by Crippen LogP contribution is 2.26. The van der Waals surface area contributed by atoms with Gasteiger partial charge in [-0.15, -0.1) is 24.0 Å². The van der Waals surface area contributed by atoms with Crippen LogP contribution in [-0.4, -0.2) is 71.4 Å². The Morgan fingerprint density at radius 1 is 1.28 bits per heavy atom. The Morgan fingerprint density at radius 2 is 2.12 bits per heavy atom. The number of aryl methyl sites for hydroxylation is 1. The second kappa shape index (κ2) is 9.75. The molecule has 1 aromatic rings. The highest BCUT2D eigenvalue weighted by molar-refractivity contribution is 14.0.